The number of piperidine rings is 1. The molecule has 0 aliphatic carbocycles. The Morgan fingerprint density at radius 2 is 2.12 bits per heavy atom. The van der Waals surface area contributed by atoms with Crippen molar-refractivity contribution >= 4 is 23.1 Å². The molecule has 1 aliphatic rings. The van der Waals surface area contributed by atoms with E-state index in [1.165, 1.54) is 0 Å². The van der Waals surface area contributed by atoms with Crippen LogP contribution in [0.15, 0.2) is 0 Å². The minimum Gasteiger partial charge on any atom is -0.393 e. The molecule has 92 valence electrons. The number of carbonyl (C=O) groups excluding carboxylic acids is 1. The maximum Gasteiger partial charge on any atom is 0.232 e. The normalized spacial score (nSPS) is 19.5. The van der Waals surface area contributed by atoms with Crippen LogP contribution in [0.25, 0.3) is 0 Å². The monoisotopic (exact) mass is 244 g/mol. The minimum absolute atomic E-state index is 0.0289. The van der Waals surface area contributed by atoms with Crippen LogP contribution >= 0.6 is 12.2 Å². The molecule has 5 heteroatoms. The van der Waals surface area contributed by atoms with Crippen molar-refractivity contribution in [2.24, 2.45) is 11.7 Å². The summed E-state index contributed by atoms with van der Waals surface area (Å²) in [5.74, 6) is -0.295. The Morgan fingerprint density at radius 3 is 2.56 bits per heavy atom. The molecule has 1 saturated heterocycles. The van der Waals surface area contributed by atoms with Crippen molar-refractivity contribution in [3.8, 4) is 0 Å². The molecular weight excluding hydrogens is 224 g/mol. The summed E-state index contributed by atoms with van der Waals surface area (Å²) in [6.07, 6.45) is 2.65. The van der Waals surface area contributed by atoms with Gasteiger partial charge in [0.15, 0.2) is 0 Å². The Labute approximate surface area is 102 Å². The molecule has 4 nitrogen and oxygen atoms in total. The van der Waals surface area contributed by atoms with Crippen LogP contribution in [0.3, 0.4) is 0 Å². The van der Waals surface area contributed by atoms with Crippen molar-refractivity contribution in [1.82, 2.24) is 4.90 Å². The topological polar surface area (TPSA) is 66.6 Å². The van der Waals surface area contributed by atoms with E-state index in [9.17, 15) is 9.90 Å². The fraction of sp³-hybridized carbons (Fsp3) is 0.818. The Balaban J connectivity index is 2.57. The number of nitrogens with zero attached hydrogens (tertiary/aromatic N) is 1. The summed E-state index contributed by atoms with van der Waals surface area (Å²) in [6.45, 7) is 3.24. The molecule has 0 radical (unpaired) electrons. The second-order valence-corrected chi connectivity index (χ2v) is 4.77. The van der Waals surface area contributed by atoms with Gasteiger partial charge in [-0.15, -0.1) is 0 Å². The molecule has 1 rings (SSSR count). The molecular formula is C11H20N2O2S. The van der Waals surface area contributed by atoms with Crippen molar-refractivity contribution in [2.75, 3.05) is 13.1 Å². The first-order chi connectivity index (χ1) is 7.56. The van der Waals surface area contributed by atoms with Crippen LogP contribution in [0, 0.1) is 5.92 Å². The first-order valence-electron chi connectivity index (χ1n) is 5.82. The summed E-state index contributed by atoms with van der Waals surface area (Å²) in [5, 5.41) is 9.37. The number of likely N-dealkylation sites (tertiary alicyclic amines) is 1. The van der Waals surface area contributed by atoms with Gasteiger partial charge in [-0.3, -0.25) is 4.79 Å². The van der Waals surface area contributed by atoms with Crippen molar-refractivity contribution in [1.29, 1.82) is 0 Å². The minimum atomic E-state index is -0.324. The molecule has 1 unspecified atom stereocenters. The summed E-state index contributed by atoms with van der Waals surface area (Å²) in [5.41, 5.74) is 5.59. The SMILES string of the molecule is CCCC(C(=O)N1CCC(O)CC1)C(N)=S. The number of aliphatic hydroxyl groups excluding tert-OH is 1. The lowest BCUT2D eigenvalue weighted by atomic mass is 9.99. The van der Waals surface area contributed by atoms with Gasteiger partial charge >= 0.3 is 0 Å². The van der Waals surface area contributed by atoms with Crippen molar-refractivity contribution < 1.29 is 9.90 Å². The largest absolute Gasteiger partial charge is 0.393 e. The maximum atomic E-state index is 12.1. The summed E-state index contributed by atoms with van der Waals surface area (Å²) in [7, 11) is 0. The number of aliphatic hydroxyl groups is 1. The molecule has 3 N–H and O–H groups in total. The number of hydrogen-bond donors (Lipinski definition) is 2. The first kappa shape index (κ1) is 13.4. The van der Waals surface area contributed by atoms with E-state index in [2.05, 4.69) is 0 Å². The molecule has 0 aromatic rings. The lowest BCUT2D eigenvalue weighted by Gasteiger charge is -2.32. The molecule has 0 aromatic heterocycles. The van der Waals surface area contributed by atoms with Crippen LogP contribution in [-0.2, 0) is 4.79 Å². The third-order valence-corrected chi connectivity index (χ3v) is 3.28. The lowest BCUT2D eigenvalue weighted by Crippen LogP contribution is -2.45. The van der Waals surface area contributed by atoms with Gasteiger partial charge in [-0.2, -0.15) is 0 Å². The number of amides is 1. The molecule has 1 atom stereocenters. The number of thiocarbonyl (C=S) groups is 1. The highest BCUT2D eigenvalue weighted by atomic mass is 32.1. The molecule has 0 spiro atoms. The Morgan fingerprint density at radius 1 is 1.56 bits per heavy atom. The van der Waals surface area contributed by atoms with Gasteiger partial charge in [0.25, 0.3) is 0 Å². The van der Waals surface area contributed by atoms with Crippen molar-refractivity contribution in [3.63, 3.8) is 0 Å². The molecule has 1 fully saturated rings. The third kappa shape index (κ3) is 3.42. The van der Waals surface area contributed by atoms with E-state index >= 15 is 0 Å². The average molecular weight is 244 g/mol. The number of hydrogen-bond acceptors (Lipinski definition) is 3. The smallest absolute Gasteiger partial charge is 0.232 e. The number of rotatable bonds is 4. The van der Waals surface area contributed by atoms with Gasteiger partial charge in [0.2, 0.25) is 5.91 Å². The Kier molecular flexibility index (Phi) is 5.15. The lowest BCUT2D eigenvalue weighted by molar-refractivity contribution is -0.135. The van der Waals surface area contributed by atoms with Gasteiger partial charge < -0.3 is 15.7 Å². The van der Waals surface area contributed by atoms with Gasteiger partial charge in [0.05, 0.1) is 17.0 Å². The van der Waals surface area contributed by atoms with E-state index in [4.69, 9.17) is 18.0 Å². The highest BCUT2D eigenvalue weighted by Gasteiger charge is 2.28. The fourth-order valence-electron chi connectivity index (χ4n) is 1.98. The Hall–Kier alpha value is -0.680. The predicted octanol–water partition coefficient (Wildman–Crippen LogP) is 0.672. The van der Waals surface area contributed by atoms with Gasteiger partial charge in [0, 0.05) is 13.1 Å². The van der Waals surface area contributed by atoms with E-state index in [1.807, 2.05) is 6.92 Å². The second kappa shape index (κ2) is 6.15. The zero-order valence-corrected chi connectivity index (χ0v) is 10.5. The predicted molar refractivity (Wildman–Crippen MR) is 67.0 cm³/mol. The van der Waals surface area contributed by atoms with Crippen LogP contribution in [0.5, 0.6) is 0 Å². The molecule has 0 aromatic carbocycles. The fourth-order valence-corrected chi connectivity index (χ4v) is 2.20. The number of carbonyl (C=O) groups is 1. The molecule has 1 heterocycles. The molecule has 1 amide bonds. The maximum absolute atomic E-state index is 12.1. The van der Waals surface area contributed by atoms with Crippen molar-refractivity contribution in [3.05, 3.63) is 0 Å². The third-order valence-electron chi connectivity index (χ3n) is 3.00. The van der Waals surface area contributed by atoms with E-state index in [-0.39, 0.29) is 22.9 Å². The quantitative estimate of drug-likeness (QED) is 0.713. The second-order valence-electron chi connectivity index (χ2n) is 4.30. The van der Waals surface area contributed by atoms with Crippen molar-refractivity contribution in [2.45, 2.75) is 38.7 Å². The molecule has 16 heavy (non-hydrogen) atoms. The zero-order chi connectivity index (χ0) is 12.1. The summed E-state index contributed by atoms with van der Waals surface area (Å²) in [6, 6.07) is 0. The van der Waals surface area contributed by atoms with E-state index in [0.717, 1.165) is 6.42 Å². The first-order valence-corrected chi connectivity index (χ1v) is 6.23. The summed E-state index contributed by atoms with van der Waals surface area (Å²) < 4.78 is 0. The van der Waals surface area contributed by atoms with Gasteiger partial charge in [-0.1, -0.05) is 25.6 Å². The van der Waals surface area contributed by atoms with Crippen LogP contribution in [0.4, 0.5) is 0 Å². The molecule has 1 aliphatic heterocycles. The van der Waals surface area contributed by atoms with Crippen LogP contribution in [-0.4, -0.2) is 40.1 Å². The van der Waals surface area contributed by atoms with Gasteiger partial charge in [0.1, 0.15) is 0 Å². The van der Waals surface area contributed by atoms with E-state index < -0.39 is 0 Å². The summed E-state index contributed by atoms with van der Waals surface area (Å²) >= 11 is 4.93. The van der Waals surface area contributed by atoms with Crippen LogP contribution in [0.2, 0.25) is 0 Å². The highest BCUT2D eigenvalue weighted by Crippen LogP contribution is 2.16. The van der Waals surface area contributed by atoms with Crippen LogP contribution in [0.1, 0.15) is 32.6 Å². The van der Waals surface area contributed by atoms with Gasteiger partial charge in [-0.25, -0.2) is 0 Å². The molecule has 0 bridgehead atoms. The van der Waals surface area contributed by atoms with E-state index in [0.29, 0.717) is 32.4 Å². The van der Waals surface area contributed by atoms with E-state index in [1.54, 1.807) is 4.90 Å². The van der Waals surface area contributed by atoms with Crippen LogP contribution < -0.4 is 5.73 Å². The van der Waals surface area contributed by atoms with Gasteiger partial charge in [-0.05, 0) is 19.3 Å². The standard InChI is InChI=1S/C11H20N2O2S/c1-2-3-9(10(12)16)11(15)13-6-4-8(14)5-7-13/h8-9,14H,2-7H2,1H3,(H2,12,16). The number of nitrogens with two attached hydrogens (primary N) is 1. The molecule has 0 saturated carbocycles. The Bertz CT molecular complexity index is 263. The zero-order valence-electron chi connectivity index (χ0n) is 9.69. The average Bonchev–Trinajstić information content (AvgIpc) is 2.25. The highest BCUT2D eigenvalue weighted by molar-refractivity contribution is 7.80. The summed E-state index contributed by atoms with van der Waals surface area (Å²) in [4.78, 5) is 14.2.